The highest BCUT2D eigenvalue weighted by Crippen LogP contribution is 2.13. The van der Waals surface area contributed by atoms with Crippen molar-refractivity contribution in [2.24, 2.45) is 0 Å². The van der Waals surface area contributed by atoms with Crippen LogP contribution in [-0.4, -0.2) is 16.2 Å². The van der Waals surface area contributed by atoms with Crippen LogP contribution < -0.4 is 5.32 Å². The highest BCUT2D eigenvalue weighted by molar-refractivity contribution is 5.85. The normalized spacial score (nSPS) is 10.4. The Morgan fingerprint density at radius 1 is 1.35 bits per heavy atom. The number of anilines is 1. The maximum Gasteiger partial charge on any atom is 0.358 e. The number of rotatable bonds is 7. The summed E-state index contributed by atoms with van der Waals surface area (Å²) in [6.45, 7) is 2.59. The minimum atomic E-state index is -1.08. The van der Waals surface area contributed by atoms with E-state index in [4.69, 9.17) is 9.63 Å². The Morgan fingerprint density at radius 3 is 2.70 bits per heavy atom. The third-order valence-electron chi connectivity index (χ3n) is 3.02. The Morgan fingerprint density at radius 2 is 2.10 bits per heavy atom. The molecule has 0 amide bonds. The molecule has 1 heterocycles. The van der Waals surface area contributed by atoms with Crippen molar-refractivity contribution in [3.8, 4) is 0 Å². The SMILES string of the molecule is CCCCc1ccc(NCc2cc(C(=O)O)no2)cc1. The van der Waals surface area contributed by atoms with E-state index in [1.54, 1.807) is 0 Å². The third-order valence-corrected chi connectivity index (χ3v) is 3.02. The molecule has 1 aromatic carbocycles. The minimum absolute atomic E-state index is 0.0725. The van der Waals surface area contributed by atoms with Crippen LogP contribution in [0.15, 0.2) is 34.9 Å². The number of aromatic carboxylic acids is 1. The zero-order valence-corrected chi connectivity index (χ0v) is 11.4. The molecule has 0 unspecified atom stereocenters. The van der Waals surface area contributed by atoms with Crippen molar-refractivity contribution in [3.05, 3.63) is 47.3 Å². The second-order valence-electron chi connectivity index (χ2n) is 4.64. The number of hydrogen-bond acceptors (Lipinski definition) is 4. The maximum atomic E-state index is 10.7. The van der Waals surface area contributed by atoms with Gasteiger partial charge in [-0.3, -0.25) is 0 Å². The third kappa shape index (κ3) is 3.85. The van der Waals surface area contributed by atoms with Gasteiger partial charge in [-0.15, -0.1) is 0 Å². The first-order chi connectivity index (χ1) is 9.69. The van der Waals surface area contributed by atoms with Crippen LogP contribution in [0.3, 0.4) is 0 Å². The van der Waals surface area contributed by atoms with Crippen molar-refractivity contribution < 1.29 is 14.4 Å². The van der Waals surface area contributed by atoms with Crippen LogP contribution in [0.25, 0.3) is 0 Å². The summed E-state index contributed by atoms with van der Waals surface area (Å²) in [4.78, 5) is 10.7. The van der Waals surface area contributed by atoms with Crippen LogP contribution in [0.5, 0.6) is 0 Å². The van der Waals surface area contributed by atoms with E-state index in [-0.39, 0.29) is 5.69 Å². The first-order valence-corrected chi connectivity index (χ1v) is 6.70. The number of nitrogens with one attached hydrogen (secondary N) is 1. The molecule has 2 rings (SSSR count). The van der Waals surface area contributed by atoms with Gasteiger partial charge in [-0.05, 0) is 30.5 Å². The number of benzene rings is 1. The second-order valence-corrected chi connectivity index (χ2v) is 4.64. The van der Waals surface area contributed by atoms with Gasteiger partial charge in [0.25, 0.3) is 0 Å². The largest absolute Gasteiger partial charge is 0.476 e. The minimum Gasteiger partial charge on any atom is -0.476 e. The van der Waals surface area contributed by atoms with E-state index in [2.05, 4.69) is 29.5 Å². The van der Waals surface area contributed by atoms with E-state index in [1.165, 1.54) is 24.5 Å². The first kappa shape index (κ1) is 14.1. The first-order valence-electron chi connectivity index (χ1n) is 6.70. The number of carboxylic acids is 1. The standard InChI is InChI=1S/C15H18N2O3/c1-2-3-4-11-5-7-12(8-6-11)16-10-13-9-14(15(18)19)17-20-13/h5-9,16H,2-4,10H2,1H3,(H,18,19). The average molecular weight is 274 g/mol. The summed E-state index contributed by atoms with van der Waals surface area (Å²) >= 11 is 0. The van der Waals surface area contributed by atoms with E-state index in [1.807, 2.05) is 12.1 Å². The molecule has 1 aromatic heterocycles. The molecule has 2 aromatic rings. The Balaban J connectivity index is 1.88. The zero-order chi connectivity index (χ0) is 14.4. The smallest absolute Gasteiger partial charge is 0.358 e. The number of hydrogen-bond donors (Lipinski definition) is 2. The number of carbonyl (C=O) groups is 1. The number of nitrogens with zero attached hydrogens (tertiary/aromatic N) is 1. The summed E-state index contributed by atoms with van der Waals surface area (Å²) in [6.07, 6.45) is 3.49. The van der Waals surface area contributed by atoms with E-state index < -0.39 is 5.97 Å². The summed E-state index contributed by atoms with van der Waals surface area (Å²) in [7, 11) is 0. The van der Waals surface area contributed by atoms with E-state index in [0.29, 0.717) is 12.3 Å². The molecule has 0 saturated carbocycles. The van der Waals surface area contributed by atoms with Gasteiger partial charge in [-0.2, -0.15) is 0 Å². The van der Waals surface area contributed by atoms with Gasteiger partial charge in [0.15, 0.2) is 11.5 Å². The zero-order valence-electron chi connectivity index (χ0n) is 11.4. The predicted octanol–water partition coefficient (Wildman–Crippen LogP) is 3.33. The maximum absolute atomic E-state index is 10.7. The lowest BCUT2D eigenvalue weighted by Crippen LogP contribution is -1.98. The number of unbranched alkanes of at least 4 members (excludes halogenated alkanes) is 1. The molecule has 0 radical (unpaired) electrons. The molecule has 2 N–H and O–H groups in total. The lowest BCUT2D eigenvalue weighted by Gasteiger charge is -2.05. The number of carboxylic acid groups (broad SMARTS) is 1. The molecular weight excluding hydrogens is 256 g/mol. The highest BCUT2D eigenvalue weighted by Gasteiger charge is 2.10. The molecule has 0 atom stereocenters. The predicted molar refractivity (Wildman–Crippen MR) is 75.8 cm³/mol. The molecule has 0 aliphatic carbocycles. The topological polar surface area (TPSA) is 75.4 Å². The van der Waals surface area contributed by atoms with Gasteiger partial charge >= 0.3 is 5.97 Å². The Hall–Kier alpha value is -2.30. The Kier molecular flexibility index (Phi) is 4.76. The molecule has 5 heteroatoms. The molecule has 20 heavy (non-hydrogen) atoms. The molecule has 0 bridgehead atoms. The average Bonchev–Trinajstić information content (AvgIpc) is 2.93. The monoisotopic (exact) mass is 274 g/mol. The molecular formula is C15H18N2O3. The van der Waals surface area contributed by atoms with Crippen LogP contribution in [-0.2, 0) is 13.0 Å². The van der Waals surface area contributed by atoms with Gasteiger partial charge in [0, 0.05) is 11.8 Å². The fourth-order valence-electron chi connectivity index (χ4n) is 1.86. The van der Waals surface area contributed by atoms with Gasteiger partial charge < -0.3 is 14.9 Å². The Bertz CT molecular complexity index is 561. The summed E-state index contributed by atoms with van der Waals surface area (Å²) in [6, 6.07) is 9.64. The highest BCUT2D eigenvalue weighted by atomic mass is 16.5. The molecule has 0 saturated heterocycles. The van der Waals surface area contributed by atoms with Gasteiger partial charge in [-0.1, -0.05) is 30.6 Å². The van der Waals surface area contributed by atoms with Crippen LogP contribution >= 0.6 is 0 Å². The van der Waals surface area contributed by atoms with Crippen LogP contribution in [0.4, 0.5) is 5.69 Å². The van der Waals surface area contributed by atoms with Crippen molar-refractivity contribution in [2.45, 2.75) is 32.7 Å². The van der Waals surface area contributed by atoms with Crippen LogP contribution in [0.1, 0.15) is 41.6 Å². The van der Waals surface area contributed by atoms with Crippen molar-refractivity contribution in [1.82, 2.24) is 5.16 Å². The van der Waals surface area contributed by atoms with E-state index >= 15 is 0 Å². The lowest BCUT2D eigenvalue weighted by atomic mass is 10.1. The summed E-state index contributed by atoms with van der Waals surface area (Å²) < 4.78 is 4.93. The van der Waals surface area contributed by atoms with Crippen LogP contribution in [0, 0.1) is 0 Å². The second kappa shape index (κ2) is 6.75. The Labute approximate surface area is 117 Å². The summed E-state index contributed by atoms with van der Waals surface area (Å²) in [5.74, 6) is -0.585. The molecule has 0 spiro atoms. The summed E-state index contributed by atoms with van der Waals surface area (Å²) in [5.41, 5.74) is 2.22. The quantitative estimate of drug-likeness (QED) is 0.810. The fraction of sp³-hybridized carbons (Fsp3) is 0.333. The van der Waals surface area contributed by atoms with Gasteiger partial charge in [0.1, 0.15) is 0 Å². The number of aromatic nitrogens is 1. The van der Waals surface area contributed by atoms with Crippen LogP contribution in [0.2, 0.25) is 0 Å². The van der Waals surface area contributed by atoms with Crippen molar-refractivity contribution >= 4 is 11.7 Å². The molecule has 0 aliphatic rings. The van der Waals surface area contributed by atoms with Gasteiger partial charge in [-0.25, -0.2) is 4.79 Å². The van der Waals surface area contributed by atoms with Crippen molar-refractivity contribution in [2.75, 3.05) is 5.32 Å². The van der Waals surface area contributed by atoms with Gasteiger partial charge in [0.2, 0.25) is 0 Å². The lowest BCUT2D eigenvalue weighted by molar-refractivity contribution is 0.0685. The number of aryl methyl sites for hydroxylation is 1. The van der Waals surface area contributed by atoms with Crippen molar-refractivity contribution in [1.29, 1.82) is 0 Å². The summed E-state index contributed by atoms with van der Waals surface area (Å²) in [5, 5.41) is 15.4. The van der Waals surface area contributed by atoms with E-state index in [0.717, 1.165) is 12.1 Å². The molecule has 0 fully saturated rings. The molecule has 106 valence electrons. The fourth-order valence-corrected chi connectivity index (χ4v) is 1.86. The van der Waals surface area contributed by atoms with Crippen molar-refractivity contribution in [3.63, 3.8) is 0 Å². The van der Waals surface area contributed by atoms with Gasteiger partial charge in [0.05, 0.1) is 6.54 Å². The molecule has 0 aliphatic heterocycles. The van der Waals surface area contributed by atoms with E-state index in [9.17, 15) is 4.79 Å². The molecule has 5 nitrogen and oxygen atoms in total.